The van der Waals surface area contributed by atoms with Gasteiger partial charge in [-0.2, -0.15) is 0 Å². The maximum absolute atomic E-state index is 12.5. The lowest BCUT2D eigenvalue weighted by Gasteiger charge is -2.31. The second kappa shape index (κ2) is 8.97. The van der Waals surface area contributed by atoms with E-state index in [-0.39, 0.29) is 17.7 Å². The molecule has 1 fully saturated rings. The highest BCUT2D eigenvalue weighted by Gasteiger charge is 2.28. The van der Waals surface area contributed by atoms with Crippen LogP contribution in [0.5, 0.6) is 0 Å². The lowest BCUT2D eigenvalue weighted by atomic mass is 9.96. The summed E-state index contributed by atoms with van der Waals surface area (Å²) in [7, 11) is 0. The fourth-order valence-corrected chi connectivity index (χ4v) is 4.42. The van der Waals surface area contributed by atoms with Gasteiger partial charge in [0.05, 0.1) is 11.4 Å². The highest BCUT2D eigenvalue weighted by Crippen LogP contribution is 2.24. The monoisotopic (exact) mass is 472 g/mol. The van der Waals surface area contributed by atoms with E-state index < -0.39 is 0 Å². The van der Waals surface area contributed by atoms with Gasteiger partial charge >= 0.3 is 0 Å². The van der Waals surface area contributed by atoms with Crippen molar-refractivity contribution in [3.63, 3.8) is 0 Å². The molecule has 1 saturated heterocycles. The highest BCUT2D eigenvalue weighted by atomic mass is 79.9. The number of nitrogens with zero attached hydrogens (tertiary/aromatic N) is 1. The molecule has 1 aliphatic rings. The molecule has 4 rings (SSSR count). The van der Waals surface area contributed by atoms with Gasteiger partial charge in [-0.25, -0.2) is 0 Å². The first kappa shape index (κ1) is 19.9. The van der Waals surface area contributed by atoms with Crippen LogP contribution in [0.2, 0.25) is 0 Å². The van der Waals surface area contributed by atoms with E-state index in [0.717, 1.165) is 26.4 Å². The molecule has 0 radical (unpaired) electrons. The average molecular weight is 473 g/mol. The predicted molar refractivity (Wildman–Crippen MR) is 117 cm³/mol. The topological polar surface area (TPSA) is 62.6 Å². The van der Waals surface area contributed by atoms with Gasteiger partial charge in [0, 0.05) is 29.0 Å². The standard InChI is InChI=1S/C22H21BrN2O3S/c23-17-5-3-15(4-6-17)19-8-7-18(28-19)14-24-21(26)16-9-11-25(12-10-16)22(27)20-2-1-13-29-20/h1-8,13,16H,9-12,14H2,(H,24,26). The molecule has 0 bridgehead atoms. The first-order valence-electron chi connectivity index (χ1n) is 9.55. The number of hydrogen-bond donors (Lipinski definition) is 1. The normalized spacial score (nSPS) is 14.7. The van der Waals surface area contributed by atoms with Crippen molar-refractivity contribution < 1.29 is 14.0 Å². The molecule has 0 atom stereocenters. The Hall–Kier alpha value is -2.38. The molecule has 0 unspecified atom stereocenters. The number of amides is 2. The number of hydrogen-bond acceptors (Lipinski definition) is 4. The Kier molecular flexibility index (Phi) is 6.16. The molecule has 0 aliphatic carbocycles. The summed E-state index contributed by atoms with van der Waals surface area (Å²) in [6, 6.07) is 15.4. The number of benzene rings is 1. The maximum atomic E-state index is 12.5. The third-order valence-corrected chi connectivity index (χ3v) is 6.50. The van der Waals surface area contributed by atoms with Crippen molar-refractivity contribution in [2.45, 2.75) is 19.4 Å². The van der Waals surface area contributed by atoms with Crippen LogP contribution in [0.4, 0.5) is 0 Å². The number of halogens is 1. The lowest BCUT2D eigenvalue weighted by Crippen LogP contribution is -2.42. The van der Waals surface area contributed by atoms with Gasteiger partial charge in [0.1, 0.15) is 11.5 Å². The Morgan fingerprint density at radius 1 is 1.10 bits per heavy atom. The van der Waals surface area contributed by atoms with Crippen molar-refractivity contribution in [1.29, 1.82) is 0 Å². The summed E-state index contributed by atoms with van der Waals surface area (Å²) in [6.07, 6.45) is 1.37. The van der Waals surface area contributed by atoms with E-state index in [1.165, 1.54) is 11.3 Å². The van der Waals surface area contributed by atoms with E-state index in [1.807, 2.05) is 58.8 Å². The van der Waals surface area contributed by atoms with E-state index in [0.29, 0.717) is 32.5 Å². The molecule has 5 nitrogen and oxygen atoms in total. The minimum absolute atomic E-state index is 0.0230. The first-order valence-corrected chi connectivity index (χ1v) is 11.2. The molecule has 3 aromatic rings. The molecule has 0 spiro atoms. The Bertz CT molecular complexity index is 974. The van der Waals surface area contributed by atoms with Crippen molar-refractivity contribution in [2.24, 2.45) is 5.92 Å². The molecular formula is C22H21BrN2O3S. The molecule has 7 heteroatoms. The zero-order chi connectivity index (χ0) is 20.2. The third kappa shape index (κ3) is 4.79. The fourth-order valence-electron chi connectivity index (χ4n) is 3.46. The van der Waals surface area contributed by atoms with Crippen molar-refractivity contribution in [3.05, 3.63) is 69.0 Å². The molecule has 29 heavy (non-hydrogen) atoms. The zero-order valence-electron chi connectivity index (χ0n) is 15.8. The molecule has 0 saturated carbocycles. The molecule has 2 amide bonds. The number of carbonyl (C=O) groups is 2. The van der Waals surface area contributed by atoms with E-state index in [9.17, 15) is 9.59 Å². The summed E-state index contributed by atoms with van der Waals surface area (Å²) in [5.74, 6) is 1.52. The van der Waals surface area contributed by atoms with Gasteiger partial charge in [0.15, 0.2) is 0 Å². The van der Waals surface area contributed by atoms with Crippen molar-refractivity contribution >= 4 is 39.1 Å². The van der Waals surface area contributed by atoms with Gasteiger partial charge in [0.25, 0.3) is 5.91 Å². The maximum Gasteiger partial charge on any atom is 0.263 e. The summed E-state index contributed by atoms with van der Waals surface area (Å²) in [5.41, 5.74) is 0.994. The van der Waals surface area contributed by atoms with Crippen molar-refractivity contribution in [1.82, 2.24) is 10.2 Å². The Balaban J connectivity index is 1.26. The van der Waals surface area contributed by atoms with Gasteiger partial charge in [-0.15, -0.1) is 11.3 Å². The smallest absolute Gasteiger partial charge is 0.263 e. The van der Waals surface area contributed by atoms with Crippen LogP contribution in [0.1, 0.15) is 28.3 Å². The number of likely N-dealkylation sites (tertiary alicyclic amines) is 1. The van der Waals surface area contributed by atoms with Gasteiger partial charge in [-0.3, -0.25) is 9.59 Å². The molecule has 3 heterocycles. The van der Waals surface area contributed by atoms with Crippen LogP contribution < -0.4 is 5.32 Å². The molecule has 1 aliphatic heterocycles. The van der Waals surface area contributed by atoms with Crippen LogP contribution in [-0.2, 0) is 11.3 Å². The van der Waals surface area contributed by atoms with Gasteiger partial charge < -0.3 is 14.6 Å². The number of carbonyl (C=O) groups excluding carboxylic acids is 2. The summed E-state index contributed by atoms with van der Waals surface area (Å²) in [6.45, 7) is 1.59. The number of furan rings is 1. The minimum Gasteiger partial charge on any atom is -0.459 e. The molecule has 2 aromatic heterocycles. The van der Waals surface area contributed by atoms with Crippen LogP contribution in [0.15, 0.2) is 62.8 Å². The lowest BCUT2D eigenvalue weighted by molar-refractivity contribution is -0.126. The van der Waals surface area contributed by atoms with E-state index in [2.05, 4.69) is 21.2 Å². The zero-order valence-corrected chi connectivity index (χ0v) is 18.2. The summed E-state index contributed by atoms with van der Waals surface area (Å²) in [5, 5.41) is 4.88. The number of nitrogens with one attached hydrogen (secondary N) is 1. The summed E-state index contributed by atoms with van der Waals surface area (Å²) < 4.78 is 6.87. The predicted octanol–water partition coefficient (Wildman–Crippen LogP) is 4.94. The second-order valence-electron chi connectivity index (χ2n) is 7.03. The molecular weight excluding hydrogens is 452 g/mol. The van der Waals surface area contributed by atoms with E-state index in [4.69, 9.17) is 4.42 Å². The number of rotatable bonds is 5. The van der Waals surface area contributed by atoms with Crippen molar-refractivity contribution in [2.75, 3.05) is 13.1 Å². The minimum atomic E-state index is -0.0664. The number of piperidine rings is 1. The first-order chi connectivity index (χ1) is 14.1. The van der Waals surface area contributed by atoms with E-state index >= 15 is 0 Å². The van der Waals surface area contributed by atoms with Crippen LogP contribution in [-0.4, -0.2) is 29.8 Å². The Morgan fingerprint density at radius 2 is 1.86 bits per heavy atom. The third-order valence-electron chi connectivity index (χ3n) is 5.11. The van der Waals surface area contributed by atoms with Crippen LogP contribution in [0.25, 0.3) is 11.3 Å². The van der Waals surface area contributed by atoms with Crippen LogP contribution >= 0.6 is 27.3 Å². The summed E-state index contributed by atoms with van der Waals surface area (Å²) >= 11 is 4.88. The molecule has 1 aromatic carbocycles. The second-order valence-corrected chi connectivity index (χ2v) is 8.90. The van der Waals surface area contributed by atoms with Gasteiger partial charge in [0.2, 0.25) is 5.91 Å². The average Bonchev–Trinajstić information content (AvgIpc) is 3.44. The van der Waals surface area contributed by atoms with E-state index in [1.54, 1.807) is 0 Å². The largest absolute Gasteiger partial charge is 0.459 e. The summed E-state index contributed by atoms with van der Waals surface area (Å²) in [4.78, 5) is 27.5. The number of thiophene rings is 1. The van der Waals surface area contributed by atoms with Crippen LogP contribution in [0, 0.1) is 5.92 Å². The quantitative estimate of drug-likeness (QED) is 0.571. The molecule has 1 N–H and O–H groups in total. The van der Waals surface area contributed by atoms with Crippen LogP contribution in [0.3, 0.4) is 0 Å². The van der Waals surface area contributed by atoms with Gasteiger partial charge in [-0.05, 0) is 48.6 Å². The van der Waals surface area contributed by atoms with Crippen molar-refractivity contribution in [3.8, 4) is 11.3 Å². The molecule has 150 valence electrons. The van der Waals surface area contributed by atoms with Gasteiger partial charge in [-0.1, -0.05) is 34.1 Å². The Morgan fingerprint density at radius 3 is 2.55 bits per heavy atom. The fraction of sp³-hybridized carbons (Fsp3) is 0.273. The Labute approximate surface area is 181 Å². The highest BCUT2D eigenvalue weighted by molar-refractivity contribution is 9.10. The SMILES string of the molecule is O=C(NCc1ccc(-c2ccc(Br)cc2)o1)C1CCN(C(=O)c2cccs2)CC1.